The van der Waals surface area contributed by atoms with Gasteiger partial charge in [-0.05, 0) is 25.7 Å². The predicted octanol–water partition coefficient (Wildman–Crippen LogP) is 3.46. The van der Waals surface area contributed by atoms with E-state index in [9.17, 15) is 0 Å². The molecule has 0 aliphatic heterocycles. The van der Waals surface area contributed by atoms with Crippen LogP contribution in [0.2, 0.25) is 0 Å². The van der Waals surface area contributed by atoms with Crippen LogP contribution in [0.4, 0.5) is 0 Å². The van der Waals surface area contributed by atoms with Crippen LogP contribution in [0.1, 0.15) is 79.1 Å². The van der Waals surface area contributed by atoms with Gasteiger partial charge in [-0.1, -0.05) is 53.4 Å². The van der Waals surface area contributed by atoms with Crippen LogP contribution in [0.15, 0.2) is 0 Å². The quantitative estimate of drug-likeness (QED) is 0.391. The summed E-state index contributed by atoms with van der Waals surface area (Å²) in [6, 6.07) is 0. The summed E-state index contributed by atoms with van der Waals surface area (Å²) in [5.41, 5.74) is 0. The Morgan fingerprint density at radius 1 is 0.636 bits per heavy atom. The zero-order chi connectivity index (χ0) is 17.5. The van der Waals surface area contributed by atoms with E-state index in [1.807, 2.05) is 0 Å². The molecule has 0 aliphatic carbocycles. The maximum atomic E-state index is 8.64. The van der Waals surface area contributed by atoms with E-state index in [4.69, 9.17) is 14.2 Å². The van der Waals surface area contributed by atoms with Gasteiger partial charge >= 0.3 is 30.0 Å². The summed E-state index contributed by atoms with van der Waals surface area (Å²) >= 11 is -6.11. The van der Waals surface area contributed by atoms with Crippen molar-refractivity contribution in [2.75, 3.05) is 26.2 Å². The number of quaternary nitrogens is 1. The van der Waals surface area contributed by atoms with Gasteiger partial charge in [-0.2, -0.15) is 0 Å². The van der Waals surface area contributed by atoms with E-state index in [1.165, 1.54) is 82.0 Å². The van der Waals surface area contributed by atoms with Gasteiger partial charge in [-0.25, -0.2) is 0 Å². The van der Waals surface area contributed by atoms with Gasteiger partial charge in [0, 0.05) is 0 Å². The van der Waals surface area contributed by atoms with Crippen molar-refractivity contribution in [3.05, 3.63) is 0 Å². The molecule has 0 radical (unpaired) electrons. The minimum atomic E-state index is -6.11. The molecular formula is C16H36NO4Re. The molecule has 0 spiro atoms. The molecule has 0 unspecified atom stereocenters. The van der Waals surface area contributed by atoms with Gasteiger partial charge in [0.1, 0.15) is 0 Å². The van der Waals surface area contributed by atoms with Gasteiger partial charge in [0.2, 0.25) is 0 Å². The molecule has 0 aromatic carbocycles. The van der Waals surface area contributed by atoms with Gasteiger partial charge in [0.05, 0.1) is 26.2 Å². The van der Waals surface area contributed by atoms with Crippen molar-refractivity contribution in [3.8, 4) is 0 Å². The van der Waals surface area contributed by atoms with E-state index >= 15 is 0 Å². The molecule has 0 atom stereocenters. The third-order valence-electron chi connectivity index (χ3n) is 3.94. The molecule has 0 saturated carbocycles. The Balaban J connectivity index is 0. The molecule has 0 N–H and O–H groups in total. The monoisotopic (exact) mass is 493 g/mol. The van der Waals surface area contributed by atoms with Crippen LogP contribution in [0.5, 0.6) is 0 Å². The first-order chi connectivity index (χ1) is 10.2. The van der Waals surface area contributed by atoms with Crippen molar-refractivity contribution in [2.24, 2.45) is 0 Å². The van der Waals surface area contributed by atoms with Crippen LogP contribution in [0.3, 0.4) is 0 Å². The fourth-order valence-electron chi connectivity index (χ4n) is 2.64. The predicted molar refractivity (Wildman–Crippen MR) is 81.4 cm³/mol. The van der Waals surface area contributed by atoms with Crippen molar-refractivity contribution in [2.45, 2.75) is 79.1 Å². The minimum absolute atomic E-state index is 1.35. The van der Waals surface area contributed by atoms with Gasteiger partial charge in [-0.15, -0.1) is 0 Å². The second-order valence-electron chi connectivity index (χ2n) is 6.03. The number of rotatable bonds is 12. The molecule has 6 heteroatoms. The molecular weight excluding hydrogens is 456 g/mol. The first-order valence-corrected chi connectivity index (χ1v) is 13.1. The van der Waals surface area contributed by atoms with Crippen molar-refractivity contribution in [1.82, 2.24) is 0 Å². The second-order valence-corrected chi connectivity index (χ2v) is 8.74. The summed E-state index contributed by atoms with van der Waals surface area (Å²) < 4.78 is 36.0. The van der Waals surface area contributed by atoms with Gasteiger partial charge < -0.3 is 4.48 Å². The molecule has 0 heterocycles. The molecule has 0 aliphatic rings. The second kappa shape index (κ2) is 14.6. The molecule has 0 fully saturated rings. The Kier molecular flexibility index (Phi) is 16.0. The fourth-order valence-corrected chi connectivity index (χ4v) is 2.64. The van der Waals surface area contributed by atoms with Crippen molar-refractivity contribution in [1.29, 1.82) is 0 Å². The van der Waals surface area contributed by atoms with E-state index in [2.05, 4.69) is 27.7 Å². The Hall–Kier alpha value is -0.0177. The molecule has 5 nitrogen and oxygen atoms in total. The Bertz CT molecular complexity index is 336. The van der Waals surface area contributed by atoms with Crippen molar-refractivity contribution in [3.63, 3.8) is 0 Å². The summed E-state index contributed by atoms with van der Waals surface area (Å²) in [6.45, 7) is 15.0. The zero-order valence-electron chi connectivity index (χ0n) is 14.9. The molecule has 0 amide bonds. The van der Waals surface area contributed by atoms with Gasteiger partial charge in [0.25, 0.3) is 0 Å². The van der Waals surface area contributed by atoms with Crippen molar-refractivity contribution >= 4 is 0 Å². The average molecular weight is 493 g/mol. The molecule has 22 heavy (non-hydrogen) atoms. The number of nitrogens with zero attached hydrogens (tertiary/aromatic N) is 1. The van der Waals surface area contributed by atoms with Gasteiger partial charge in [0.15, 0.2) is 0 Å². The first kappa shape index (κ1) is 24.2. The Morgan fingerprint density at radius 3 is 0.955 bits per heavy atom. The standard InChI is InChI=1S/C16H36N.4O.Re/c1-5-9-13-17(14-10-6-2,15-11-7-3)16-12-8-4;;;;;/h5-16H2,1-4H3;;;;;/q+1;;;;-1;. The molecule has 0 aromatic rings. The van der Waals surface area contributed by atoms with E-state index in [0.717, 1.165) is 0 Å². The topological polar surface area (TPSA) is 74.3 Å². The number of hydrogen-bond acceptors (Lipinski definition) is 4. The van der Waals surface area contributed by atoms with Crippen LogP contribution in [-0.2, 0) is 26.2 Å². The van der Waals surface area contributed by atoms with Gasteiger partial charge in [-0.3, -0.25) is 0 Å². The normalized spacial score (nSPS) is 11.9. The number of unbranched alkanes of at least 4 members (excludes halogenated alkanes) is 4. The van der Waals surface area contributed by atoms with Crippen LogP contribution >= 0.6 is 0 Å². The fraction of sp³-hybridized carbons (Fsp3) is 1.00. The molecule has 136 valence electrons. The van der Waals surface area contributed by atoms with E-state index in [1.54, 1.807) is 0 Å². The average Bonchev–Trinajstić information content (AvgIpc) is 2.44. The van der Waals surface area contributed by atoms with Crippen molar-refractivity contribution < 1.29 is 34.5 Å². The van der Waals surface area contributed by atoms with E-state index < -0.39 is 15.8 Å². The van der Waals surface area contributed by atoms with Crippen LogP contribution < -0.4 is 3.83 Å². The zero-order valence-corrected chi connectivity index (χ0v) is 17.7. The van der Waals surface area contributed by atoms with Crippen LogP contribution in [0.25, 0.3) is 0 Å². The summed E-state index contributed by atoms with van der Waals surface area (Å²) in [6.07, 6.45) is 11.1. The molecule has 0 bridgehead atoms. The van der Waals surface area contributed by atoms with Crippen LogP contribution in [-0.4, -0.2) is 30.7 Å². The van der Waals surface area contributed by atoms with E-state index in [0.29, 0.717) is 0 Å². The first-order valence-electron chi connectivity index (χ1n) is 8.71. The summed E-state index contributed by atoms with van der Waals surface area (Å²) in [5, 5.41) is 0. The summed E-state index contributed by atoms with van der Waals surface area (Å²) in [4.78, 5) is 0. The third kappa shape index (κ3) is 18.0. The van der Waals surface area contributed by atoms with E-state index in [-0.39, 0.29) is 0 Å². The summed E-state index contributed by atoms with van der Waals surface area (Å²) in [7, 11) is 0. The molecule has 0 rings (SSSR count). The number of hydrogen-bond donors (Lipinski definition) is 0. The summed E-state index contributed by atoms with van der Waals surface area (Å²) in [5.74, 6) is 0. The molecule has 0 saturated heterocycles. The maximum absolute atomic E-state index is 8.64. The Morgan fingerprint density at radius 2 is 0.818 bits per heavy atom. The Labute approximate surface area is 140 Å². The third-order valence-corrected chi connectivity index (χ3v) is 3.94. The molecule has 0 aromatic heterocycles. The van der Waals surface area contributed by atoms with Crippen LogP contribution in [0, 0.1) is 0 Å². The SMILES string of the molecule is CCCC[N+](CCCC)(CCCC)CCCC.[O]=[Re](=[O])(=[O])[O-].